The average Bonchev–Trinajstić information content (AvgIpc) is 2.48. The Balaban J connectivity index is 1.88. The summed E-state index contributed by atoms with van der Waals surface area (Å²) in [7, 11) is 0. The van der Waals surface area contributed by atoms with Gasteiger partial charge in [0.25, 0.3) is 0 Å². The van der Waals surface area contributed by atoms with Gasteiger partial charge in [-0.3, -0.25) is 4.79 Å². The maximum atomic E-state index is 12.3. The molecule has 0 aliphatic rings. The Bertz CT molecular complexity index is 707. The summed E-state index contributed by atoms with van der Waals surface area (Å²) >= 11 is 3.29. The molecule has 1 N–H and O–H groups in total. The number of hydrogen-bond donors (Lipinski definition) is 1. The Morgan fingerprint density at radius 3 is 2.58 bits per heavy atom. The largest absolute Gasteiger partial charge is 0.573 e. The van der Waals surface area contributed by atoms with Gasteiger partial charge in [-0.05, 0) is 30.3 Å². The van der Waals surface area contributed by atoms with Crippen LogP contribution in [0.25, 0.3) is 0 Å². The standard InChI is InChI=1S/C16H13BrF3NO3/c17-11-4-3-5-12(10-11)23-9-8-15(22)21-13-6-1-2-7-14(13)24-16(18,19)20/h1-7,10H,8-9H2,(H,21,22). The van der Waals surface area contributed by atoms with E-state index in [1.54, 1.807) is 18.2 Å². The minimum atomic E-state index is -4.83. The molecule has 0 heterocycles. The predicted octanol–water partition coefficient (Wildman–Crippen LogP) is 4.76. The van der Waals surface area contributed by atoms with Gasteiger partial charge in [-0.2, -0.15) is 0 Å². The molecule has 8 heteroatoms. The van der Waals surface area contributed by atoms with Crippen molar-refractivity contribution in [2.45, 2.75) is 12.8 Å². The number of ether oxygens (including phenoxy) is 2. The molecule has 0 saturated carbocycles. The minimum Gasteiger partial charge on any atom is -0.493 e. The minimum absolute atomic E-state index is 0.0210. The van der Waals surface area contributed by atoms with E-state index < -0.39 is 18.0 Å². The van der Waals surface area contributed by atoms with E-state index >= 15 is 0 Å². The summed E-state index contributed by atoms with van der Waals surface area (Å²) in [6.45, 7) is 0.0879. The van der Waals surface area contributed by atoms with Gasteiger partial charge in [0.05, 0.1) is 18.7 Å². The first kappa shape index (κ1) is 18.1. The van der Waals surface area contributed by atoms with E-state index in [1.165, 1.54) is 18.2 Å². The smallest absolute Gasteiger partial charge is 0.493 e. The van der Waals surface area contributed by atoms with Crippen molar-refractivity contribution in [2.24, 2.45) is 0 Å². The summed E-state index contributed by atoms with van der Waals surface area (Å²) in [5.74, 6) is -0.368. The Morgan fingerprint density at radius 2 is 1.88 bits per heavy atom. The number of carbonyl (C=O) groups is 1. The Labute approximate surface area is 144 Å². The van der Waals surface area contributed by atoms with Gasteiger partial charge in [0.2, 0.25) is 5.91 Å². The van der Waals surface area contributed by atoms with E-state index in [2.05, 4.69) is 26.0 Å². The molecule has 4 nitrogen and oxygen atoms in total. The molecule has 2 rings (SSSR count). The second-order valence-corrected chi connectivity index (χ2v) is 5.56. The third-order valence-corrected chi connectivity index (χ3v) is 3.27. The van der Waals surface area contributed by atoms with Gasteiger partial charge in [-0.25, -0.2) is 0 Å². The summed E-state index contributed by atoms with van der Waals surface area (Å²) < 4.78 is 47.1. The zero-order valence-corrected chi connectivity index (χ0v) is 13.9. The van der Waals surface area contributed by atoms with Crippen LogP contribution >= 0.6 is 15.9 Å². The first-order valence-corrected chi connectivity index (χ1v) is 7.66. The van der Waals surface area contributed by atoms with Crippen LogP contribution in [0.1, 0.15) is 6.42 Å². The topological polar surface area (TPSA) is 47.6 Å². The molecule has 0 aliphatic carbocycles. The first-order chi connectivity index (χ1) is 11.3. The molecule has 0 saturated heterocycles. The number of halogens is 4. The van der Waals surface area contributed by atoms with Gasteiger partial charge in [0.15, 0.2) is 5.75 Å². The van der Waals surface area contributed by atoms with Crippen molar-refractivity contribution in [3.05, 3.63) is 53.0 Å². The van der Waals surface area contributed by atoms with Gasteiger partial charge in [0, 0.05) is 4.47 Å². The van der Waals surface area contributed by atoms with Crippen LogP contribution in [-0.2, 0) is 4.79 Å². The predicted molar refractivity (Wildman–Crippen MR) is 86.0 cm³/mol. The van der Waals surface area contributed by atoms with E-state index in [4.69, 9.17) is 4.74 Å². The van der Waals surface area contributed by atoms with Crippen LogP contribution in [0.2, 0.25) is 0 Å². The fourth-order valence-electron chi connectivity index (χ4n) is 1.81. The van der Waals surface area contributed by atoms with Gasteiger partial charge >= 0.3 is 6.36 Å². The lowest BCUT2D eigenvalue weighted by molar-refractivity contribution is -0.274. The molecule has 0 aromatic heterocycles. The highest BCUT2D eigenvalue weighted by molar-refractivity contribution is 9.10. The summed E-state index contributed by atoms with van der Waals surface area (Å²) in [5, 5.41) is 2.38. The molecule has 1 amide bonds. The van der Waals surface area contributed by atoms with Crippen molar-refractivity contribution in [3.63, 3.8) is 0 Å². The van der Waals surface area contributed by atoms with Crippen molar-refractivity contribution >= 4 is 27.5 Å². The normalized spacial score (nSPS) is 11.0. The molecule has 128 valence electrons. The molecule has 0 spiro atoms. The quantitative estimate of drug-likeness (QED) is 0.756. The van der Waals surface area contributed by atoms with Gasteiger partial charge in [-0.1, -0.05) is 34.1 Å². The number of alkyl halides is 3. The van der Waals surface area contributed by atoms with E-state index in [0.29, 0.717) is 5.75 Å². The highest BCUT2D eigenvalue weighted by atomic mass is 79.9. The number of hydrogen-bond acceptors (Lipinski definition) is 3. The summed E-state index contributed by atoms with van der Waals surface area (Å²) in [4.78, 5) is 11.9. The Kier molecular flexibility index (Phi) is 6.08. The maximum absolute atomic E-state index is 12.3. The lowest BCUT2D eigenvalue weighted by Gasteiger charge is -2.14. The number of rotatable bonds is 6. The van der Waals surface area contributed by atoms with E-state index in [1.807, 2.05) is 6.07 Å². The summed E-state index contributed by atoms with van der Waals surface area (Å²) in [6, 6.07) is 12.4. The number of para-hydroxylation sites is 2. The molecule has 0 radical (unpaired) electrons. The molecule has 0 atom stereocenters. The lowest BCUT2D eigenvalue weighted by Crippen LogP contribution is -2.20. The van der Waals surface area contributed by atoms with Crippen LogP contribution in [0, 0.1) is 0 Å². The molecule has 0 bridgehead atoms. The molecular formula is C16H13BrF3NO3. The molecule has 2 aromatic rings. The van der Waals surface area contributed by atoms with E-state index in [9.17, 15) is 18.0 Å². The van der Waals surface area contributed by atoms with Crippen LogP contribution < -0.4 is 14.8 Å². The molecule has 0 unspecified atom stereocenters. The fourth-order valence-corrected chi connectivity index (χ4v) is 2.19. The second kappa shape index (κ2) is 8.05. The third kappa shape index (κ3) is 6.11. The van der Waals surface area contributed by atoms with E-state index in [-0.39, 0.29) is 18.7 Å². The number of nitrogens with one attached hydrogen (secondary N) is 1. The van der Waals surface area contributed by atoms with E-state index in [0.717, 1.165) is 10.5 Å². The lowest BCUT2D eigenvalue weighted by atomic mass is 10.3. The number of amides is 1. The number of anilines is 1. The zero-order valence-electron chi connectivity index (χ0n) is 12.3. The van der Waals surface area contributed by atoms with Crippen molar-refractivity contribution in [1.29, 1.82) is 0 Å². The third-order valence-electron chi connectivity index (χ3n) is 2.78. The molecule has 2 aromatic carbocycles. The van der Waals surface area contributed by atoms with Crippen LogP contribution in [0.3, 0.4) is 0 Å². The van der Waals surface area contributed by atoms with Crippen molar-refractivity contribution in [2.75, 3.05) is 11.9 Å². The zero-order chi connectivity index (χ0) is 17.6. The molecule has 0 fully saturated rings. The summed E-state index contributed by atoms with van der Waals surface area (Å²) in [5.41, 5.74) is -0.0534. The van der Waals surface area contributed by atoms with Crippen LogP contribution in [0.15, 0.2) is 53.0 Å². The highest BCUT2D eigenvalue weighted by Crippen LogP contribution is 2.30. The van der Waals surface area contributed by atoms with Gasteiger partial charge < -0.3 is 14.8 Å². The van der Waals surface area contributed by atoms with Gasteiger partial charge in [-0.15, -0.1) is 13.2 Å². The first-order valence-electron chi connectivity index (χ1n) is 6.86. The van der Waals surface area contributed by atoms with Crippen LogP contribution in [-0.4, -0.2) is 18.9 Å². The maximum Gasteiger partial charge on any atom is 0.573 e. The molecule has 0 aliphatic heterocycles. The SMILES string of the molecule is O=C(CCOc1cccc(Br)c1)Nc1ccccc1OC(F)(F)F. The van der Waals surface area contributed by atoms with Gasteiger partial charge in [0.1, 0.15) is 5.75 Å². The van der Waals surface area contributed by atoms with Crippen molar-refractivity contribution < 1.29 is 27.4 Å². The molecule has 24 heavy (non-hydrogen) atoms. The number of carbonyl (C=O) groups excluding carboxylic acids is 1. The Morgan fingerprint density at radius 1 is 1.12 bits per heavy atom. The summed E-state index contributed by atoms with van der Waals surface area (Å²) in [6.07, 6.45) is -4.85. The van der Waals surface area contributed by atoms with Crippen molar-refractivity contribution in [3.8, 4) is 11.5 Å². The molecular weight excluding hydrogens is 391 g/mol. The fraction of sp³-hybridized carbons (Fsp3) is 0.188. The monoisotopic (exact) mass is 403 g/mol. The highest BCUT2D eigenvalue weighted by Gasteiger charge is 2.32. The number of benzene rings is 2. The van der Waals surface area contributed by atoms with Crippen LogP contribution in [0.4, 0.5) is 18.9 Å². The Hall–Kier alpha value is -2.22. The van der Waals surface area contributed by atoms with Crippen LogP contribution in [0.5, 0.6) is 11.5 Å². The van der Waals surface area contributed by atoms with Crippen molar-refractivity contribution in [1.82, 2.24) is 0 Å². The average molecular weight is 404 g/mol. The second-order valence-electron chi connectivity index (χ2n) is 4.65.